The molecule has 1 aromatic carbocycles. The molecule has 4 fully saturated rings. The van der Waals surface area contributed by atoms with E-state index in [0.29, 0.717) is 25.4 Å². The van der Waals surface area contributed by atoms with Crippen LogP contribution in [0.3, 0.4) is 0 Å². The first-order valence-corrected chi connectivity index (χ1v) is 11.8. The molecule has 162 valence electrons. The molecule has 0 aliphatic carbocycles. The summed E-state index contributed by atoms with van der Waals surface area (Å²) in [6.45, 7) is 5.45. The van der Waals surface area contributed by atoms with Gasteiger partial charge in [-0.3, -0.25) is 4.79 Å². The van der Waals surface area contributed by atoms with Gasteiger partial charge >= 0.3 is 6.03 Å². The Morgan fingerprint density at radius 3 is 2.30 bits per heavy atom. The Kier molecular flexibility index (Phi) is 5.34. The van der Waals surface area contributed by atoms with E-state index in [9.17, 15) is 9.59 Å². The second-order valence-electron chi connectivity index (χ2n) is 9.82. The number of rotatable bonds is 3. The summed E-state index contributed by atoms with van der Waals surface area (Å²) in [5.74, 6) is 0.790. The van der Waals surface area contributed by atoms with E-state index in [4.69, 9.17) is 0 Å². The highest BCUT2D eigenvalue weighted by Gasteiger charge is 2.50. The topological polar surface area (TPSA) is 55.9 Å². The van der Waals surface area contributed by atoms with Crippen LogP contribution in [0.5, 0.6) is 0 Å². The molecule has 5 rings (SSSR count). The van der Waals surface area contributed by atoms with Crippen LogP contribution in [0.1, 0.15) is 50.5 Å². The number of nitrogens with zero attached hydrogens (tertiary/aromatic N) is 3. The number of nitrogens with one attached hydrogen (secondary N) is 1. The van der Waals surface area contributed by atoms with E-state index in [2.05, 4.69) is 34.5 Å². The summed E-state index contributed by atoms with van der Waals surface area (Å²) in [7, 11) is 0. The molecule has 6 heteroatoms. The van der Waals surface area contributed by atoms with Gasteiger partial charge in [0.2, 0.25) is 5.91 Å². The lowest BCUT2D eigenvalue weighted by Gasteiger charge is -2.49. The van der Waals surface area contributed by atoms with Crippen molar-refractivity contribution in [3.63, 3.8) is 0 Å². The maximum absolute atomic E-state index is 12.8. The van der Waals surface area contributed by atoms with Crippen molar-refractivity contribution >= 4 is 17.6 Å². The van der Waals surface area contributed by atoms with E-state index in [1.165, 1.54) is 43.6 Å². The predicted octanol–water partition coefficient (Wildman–Crippen LogP) is 3.02. The van der Waals surface area contributed by atoms with Crippen molar-refractivity contribution in [3.8, 4) is 0 Å². The van der Waals surface area contributed by atoms with Crippen molar-refractivity contribution in [1.29, 1.82) is 0 Å². The van der Waals surface area contributed by atoms with Crippen LogP contribution in [0.2, 0.25) is 0 Å². The highest BCUT2D eigenvalue weighted by atomic mass is 16.2. The molecule has 4 saturated heterocycles. The van der Waals surface area contributed by atoms with Gasteiger partial charge in [0, 0.05) is 51.4 Å². The summed E-state index contributed by atoms with van der Waals surface area (Å²) >= 11 is 0. The van der Waals surface area contributed by atoms with Crippen molar-refractivity contribution in [2.24, 2.45) is 5.92 Å². The predicted molar refractivity (Wildman–Crippen MR) is 118 cm³/mol. The SMILES string of the molecule is O=C1CCC2(CN(C(=O)N3CCC(Cc4ccc(N5CCCCC5)cc4)CC3)C2)N1. The van der Waals surface area contributed by atoms with E-state index < -0.39 is 0 Å². The second-order valence-corrected chi connectivity index (χ2v) is 9.82. The Morgan fingerprint density at radius 1 is 0.967 bits per heavy atom. The van der Waals surface area contributed by atoms with Gasteiger partial charge in [-0.15, -0.1) is 0 Å². The van der Waals surface area contributed by atoms with E-state index in [1.807, 2.05) is 9.80 Å². The minimum absolute atomic E-state index is 0.120. The number of anilines is 1. The maximum Gasteiger partial charge on any atom is 0.320 e. The van der Waals surface area contributed by atoms with Crippen molar-refractivity contribution in [1.82, 2.24) is 15.1 Å². The first-order valence-electron chi connectivity index (χ1n) is 11.8. The van der Waals surface area contributed by atoms with Crippen LogP contribution < -0.4 is 10.2 Å². The summed E-state index contributed by atoms with van der Waals surface area (Å²) in [6.07, 6.45) is 8.73. The van der Waals surface area contributed by atoms with Gasteiger partial charge in [-0.25, -0.2) is 4.79 Å². The Labute approximate surface area is 179 Å². The lowest BCUT2D eigenvalue weighted by atomic mass is 9.88. The van der Waals surface area contributed by atoms with Gasteiger partial charge in [0.05, 0.1) is 5.54 Å². The molecule has 0 atom stereocenters. The number of carbonyl (C=O) groups is 2. The van der Waals surface area contributed by atoms with E-state index in [1.54, 1.807) is 0 Å². The Balaban J connectivity index is 1.07. The zero-order chi connectivity index (χ0) is 20.6. The fraction of sp³-hybridized carbons (Fsp3) is 0.667. The number of urea groups is 1. The van der Waals surface area contributed by atoms with E-state index in [0.717, 1.165) is 38.8 Å². The van der Waals surface area contributed by atoms with Crippen LogP contribution in [-0.4, -0.2) is 66.5 Å². The third-order valence-corrected chi connectivity index (χ3v) is 7.56. The molecular weight excluding hydrogens is 376 g/mol. The fourth-order valence-electron chi connectivity index (χ4n) is 5.69. The normalized spacial score (nSPS) is 24.1. The molecule has 4 aliphatic heterocycles. The van der Waals surface area contributed by atoms with Crippen LogP contribution in [-0.2, 0) is 11.2 Å². The molecule has 30 heavy (non-hydrogen) atoms. The number of hydrogen-bond acceptors (Lipinski definition) is 3. The van der Waals surface area contributed by atoms with Gasteiger partial charge in [0.15, 0.2) is 0 Å². The minimum Gasteiger partial charge on any atom is -0.372 e. The maximum atomic E-state index is 12.8. The van der Waals surface area contributed by atoms with Crippen molar-refractivity contribution in [2.75, 3.05) is 44.2 Å². The zero-order valence-electron chi connectivity index (χ0n) is 17.9. The quantitative estimate of drug-likeness (QED) is 0.833. The highest BCUT2D eigenvalue weighted by molar-refractivity contribution is 5.82. The summed E-state index contributed by atoms with van der Waals surface area (Å²) in [4.78, 5) is 30.7. The molecule has 0 bridgehead atoms. The van der Waals surface area contributed by atoms with Crippen LogP contribution >= 0.6 is 0 Å². The molecule has 1 aromatic rings. The molecule has 0 aromatic heterocycles. The first kappa shape index (κ1) is 19.7. The van der Waals surface area contributed by atoms with E-state index in [-0.39, 0.29) is 17.5 Å². The highest BCUT2D eigenvalue weighted by Crippen LogP contribution is 2.32. The molecule has 0 saturated carbocycles. The molecule has 4 aliphatic rings. The van der Waals surface area contributed by atoms with Gasteiger partial charge in [0.1, 0.15) is 0 Å². The molecule has 0 unspecified atom stereocenters. The Morgan fingerprint density at radius 2 is 1.67 bits per heavy atom. The molecule has 6 nitrogen and oxygen atoms in total. The number of benzene rings is 1. The first-order chi connectivity index (χ1) is 14.6. The minimum atomic E-state index is -0.120. The second kappa shape index (κ2) is 8.12. The number of piperidine rings is 2. The number of carbonyl (C=O) groups excluding carboxylic acids is 2. The van der Waals surface area contributed by atoms with Crippen molar-refractivity contribution in [2.45, 2.75) is 56.9 Å². The molecule has 1 spiro atoms. The number of hydrogen-bond donors (Lipinski definition) is 1. The van der Waals surface area contributed by atoms with E-state index >= 15 is 0 Å². The zero-order valence-corrected chi connectivity index (χ0v) is 17.9. The fourth-order valence-corrected chi connectivity index (χ4v) is 5.69. The molecular formula is C24H34N4O2. The van der Waals surface area contributed by atoms with Gasteiger partial charge in [-0.1, -0.05) is 12.1 Å². The van der Waals surface area contributed by atoms with Gasteiger partial charge in [-0.2, -0.15) is 0 Å². The van der Waals surface area contributed by atoms with Gasteiger partial charge in [-0.05, 0) is 68.6 Å². The van der Waals surface area contributed by atoms with Crippen molar-refractivity contribution < 1.29 is 9.59 Å². The monoisotopic (exact) mass is 410 g/mol. The Bertz CT molecular complexity index is 773. The molecule has 1 N–H and O–H groups in total. The number of likely N-dealkylation sites (tertiary alicyclic amines) is 2. The van der Waals surface area contributed by atoms with Crippen LogP contribution in [0.25, 0.3) is 0 Å². The summed E-state index contributed by atoms with van der Waals surface area (Å²) < 4.78 is 0. The smallest absolute Gasteiger partial charge is 0.320 e. The third-order valence-electron chi connectivity index (χ3n) is 7.56. The molecule has 4 heterocycles. The lowest BCUT2D eigenvalue weighted by Crippen LogP contribution is -2.70. The average Bonchev–Trinajstić information content (AvgIpc) is 3.16. The van der Waals surface area contributed by atoms with Crippen LogP contribution in [0, 0.1) is 5.92 Å². The van der Waals surface area contributed by atoms with Crippen molar-refractivity contribution in [3.05, 3.63) is 29.8 Å². The Hall–Kier alpha value is -2.24. The summed E-state index contributed by atoms with van der Waals surface area (Å²) in [5, 5.41) is 3.06. The lowest BCUT2D eigenvalue weighted by molar-refractivity contribution is -0.120. The van der Waals surface area contributed by atoms with Gasteiger partial charge < -0.3 is 20.0 Å². The van der Waals surface area contributed by atoms with Crippen LogP contribution in [0.4, 0.5) is 10.5 Å². The third kappa shape index (κ3) is 4.01. The number of amides is 3. The van der Waals surface area contributed by atoms with Gasteiger partial charge in [0.25, 0.3) is 0 Å². The summed E-state index contributed by atoms with van der Waals surface area (Å²) in [5.41, 5.74) is 2.66. The average molecular weight is 411 g/mol. The largest absolute Gasteiger partial charge is 0.372 e. The molecule has 3 amide bonds. The standard InChI is InChI=1S/C24H34N4O2/c29-22-8-11-24(25-22)17-28(18-24)23(30)27-14-9-20(10-15-27)16-19-4-6-21(7-5-19)26-12-2-1-3-13-26/h4-7,20H,1-3,8-18H2,(H,25,29). The summed E-state index contributed by atoms with van der Waals surface area (Å²) in [6, 6.07) is 9.35. The molecule has 0 radical (unpaired) electrons. The van der Waals surface area contributed by atoms with Crippen LogP contribution in [0.15, 0.2) is 24.3 Å².